The molecule has 0 aliphatic rings. The number of nitrogens with one attached hydrogen (secondary N) is 1. The molecule has 0 aromatic heterocycles. The molecule has 0 aliphatic carbocycles. The lowest BCUT2D eigenvalue weighted by atomic mass is 10.0. The van der Waals surface area contributed by atoms with Crippen LogP contribution in [0.4, 0.5) is 5.69 Å². The first-order valence-corrected chi connectivity index (χ1v) is 6.51. The van der Waals surface area contributed by atoms with E-state index in [0.29, 0.717) is 19.4 Å². The van der Waals surface area contributed by atoms with Gasteiger partial charge in [0.2, 0.25) is 5.91 Å². The average Bonchev–Trinajstić information content (AvgIpc) is 2.40. The third-order valence-corrected chi connectivity index (χ3v) is 2.97. The number of hydrogen-bond donors (Lipinski definition) is 2. The van der Waals surface area contributed by atoms with E-state index in [1.165, 1.54) is 5.56 Å². The first-order valence-electron chi connectivity index (χ1n) is 6.51. The summed E-state index contributed by atoms with van der Waals surface area (Å²) >= 11 is 0. The van der Waals surface area contributed by atoms with E-state index in [9.17, 15) is 4.79 Å². The van der Waals surface area contributed by atoms with Crippen LogP contribution in [-0.2, 0) is 11.2 Å². The molecule has 0 radical (unpaired) electrons. The van der Waals surface area contributed by atoms with Crippen molar-refractivity contribution in [3.8, 4) is 0 Å². The number of carbonyl (C=O) groups is 1. The number of allylic oxidation sites excluding steroid dienone is 2. The first kappa shape index (κ1) is 15.0. The minimum Gasteiger partial charge on any atom is -0.399 e. The summed E-state index contributed by atoms with van der Waals surface area (Å²) in [6.45, 7) is 7.98. The molecule has 0 saturated heterocycles. The number of amides is 1. The Bertz CT molecular complexity index is 413. The lowest BCUT2D eigenvalue weighted by Gasteiger charge is -2.13. The van der Waals surface area contributed by atoms with E-state index >= 15 is 0 Å². The first-order chi connectivity index (χ1) is 9.17. The molecule has 3 heteroatoms. The summed E-state index contributed by atoms with van der Waals surface area (Å²) in [5.41, 5.74) is 7.54. The molecule has 0 bridgehead atoms. The predicted octanol–water partition coefficient (Wildman–Crippen LogP) is 2.70. The fourth-order valence-corrected chi connectivity index (χ4v) is 1.87. The molecule has 3 nitrogen and oxygen atoms in total. The number of rotatable bonds is 8. The maximum absolute atomic E-state index is 11.9. The summed E-state index contributed by atoms with van der Waals surface area (Å²) in [6.07, 6.45) is 5.71. The Balaban J connectivity index is 2.38. The van der Waals surface area contributed by atoms with Crippen molar-refractivity contribution < 1.29 is 4.79 Å². The molecule has 19 heavy (non-hydrogen) atoms. The summed E-state index contributed by atoms with van der Waals surface area (Å²) in [5, 5.41) is 2.95. The third kappa shape index (κ3) is 5.42. The lowest BCUT2D eigenvalue weighted by Crippen LogP contribution is -2.31. The SMILES string of the molecule is C=CCC(CC=C)C(=O)NCCc1ccc(N)cc1. The van der Waals surface area contributed by atoms with Crippen molar-refractivity contribution in [2.75, 3.05) is 12.3 Å². The maximum atomic E-state index is 11.9. The zero-order valence-electron chi connectivity index (χ0n) is 11.3. The topological polar surface area (TPSA) is 55.1 Å². The van der Waals surface area contributed by atoms with Gasteiger partial charge < -0.3 is 11.1 Å². The molecule has 0 unspecified atom stereocenters. The highest BCUT2D eigenvalue weighted by molar-refractivity contribution is 5.78. The second-order valence-corrected chi connectivity index (χ2v) is 4.53. The van der Waals surface area contributed by atoms with E-state index in [4.69, 9.17) is 5.73 Å². The molecule has 1 rings (SSSR count). The number of benzene rings is 1. The Kier molecular flexibility index (Phi) is 6.44. The van der Waals surface area contributed by atoms with Crippen LogP contribution in [0.5, 0.6) is 0 Å². The predicted molar refractivity (Wildman–Crippen MR) is 80.7 cm³/mol. The van der Waals surface area contributed by atoms with E-state index in [1.807, 2.05) is 24.3 Å². The fraction of sp³-hybridized carbons (Fsp3) is 0.312. The number of nitrogens with two attached hydrogens (primary N) is 1. The molecule has 1 aromatic rings. The Labute approximate surface area is 115 Å². The summed E-state index contributed by atoms with van der Waals surface area (Å²) in [5.74, 6) is 0.0108. The van der Waals surface area contributed by atoms with Gasteiger partial charge in [-0.25, -0.2) is 0 Å². The molecular formula is C16H22N2O. The summed E-state index contributed by atoms with van der Waals surface area (Å²) in [7, 11) is 0. The van der Waals surface area contributed by atoms with Crippen LogP contribution in [0.2, 0.25) is 0 Å². The molecule has 3 N–H and O–H groups in total. The molecule has 0 heterocycles. The van der Waals surface area contributed by atoms with Crippen molar-refractivity contribution in [1.29, 1.82) is 0 Å². The number of anilines is 1. The monoisotopic (exact) mass is 258 g/mol. The second kappa shape index (κ2) is 8.14. The Morgan fingerprint density at radius 3 is 2.32 bits per heavy atom. The molecule has 1 aromatic carbocycles. The molecule has 0 saturated carbocycles. The van der Waals surface area contributed by atoms with Gasteiger partial charge in [-0.15, -0.1) is 13.2 Å². The van der Waals surface area contributed by atoms with Crippen LogP contribution in [0.1, 0.15) is 18.4 Å². The van der Waals surface area contributed by atoms with Crippen LogP contribution >= 0.6 is 0 Å². The number of nitrogen functional groups attached to an aromatic ring is 1. The summed E-state index contributed by atoms with van der Waals surface area (Å²) in [6, 6.07) is 7.70. The van der Waals surface area contributed by atoms with Gasteiger partial charge in [0.05, 0.1) is 0 Å². The normalized spacial score (nSPS) is 10.2. The quantitative estimate of drug-likeness (QED) is 0.556. The van der Waals surface area contributed by atoms with Gasteiger partial charge in [0.25, 0.3) is 0 Å². The van der Waals surface area contributed by atoms with Crippen molar-refractivity contribution in [1.82, 2.24) is 5.32 Å². The second-order valence-electron chi connectivity index (χ2n) is 4.53. The number of carbonyl (C=O) groups excluding carboxylic acids is 1. The van der Waals surface area contributed by atoms with E-state index in [1.54, 1.807) is 12.2 Å². The van der Waals surface area contributed by atoms with Crippen LogP contribution in [0, 0.1) is 5.92 Å². The Morgan fingerprint density at radius 2 is 1.79 bits per heavy atom. The minimum atomic E-state index is -0.0542. The van der Waals surface area contributed by atoms with Gasteiger partial charge in [-0.3, -0.25) is 4.79 Å². The minimum absolute atomic E-state index is 0.0542. The van der Waals surface area contributed by atoms with Gasteiger partial charge in [0, 0.05) is 18.2 Å². The standard InChI is InChI=1S/C16H22N2O/c1-3-5-14(6-4-2)16(19)18-12-11-13-7-9-15(17)10-8-13/h3-4,7-10,14H,1-2,5-6,11-12,17H2,(H,18,19). The summed E-state index contributed by atoms with van der Waals surface area (Å²) in [4.78, 5) is 11.9. The van der Waals surface area contributed by atoms with Crippen LogP contribution in [0.25, 0.3) is 0 Å². The van der Waals surface area contributed by atoms with Crippen LogP contribution in [0.15, 0.2) is 49.6 Å². The molecule has 0 atom stereocenters. The highest BCUT2D eigenvalue weighted by atomic mass is 16.1. The molecule has 0 fully saturated rings. The van der Waals surface area contributed by atoms with Gasteiger partial charge in [-0.2, -0.15) is 0 Å². The summed E-state index contributed by atoms with van der Waals surface area (Å²) < 4.78 is 0. The zero-order chi connectivity index (χ0) is 14.1. The molecule has 0 spiro atoms. The van der Waals surface area contributed by atoms with Gasteiger partial charge in [0.1, 0.15) is 0 Å². The molecule has 102 valence electrons. The van der Waals surface area contributed by atoms with Gasteiger partial charge >= 0.3 is 0 Å². The maximum Gasteiger partial charge on any atom is 0.223 e. The average molecular weight is 258 g/mol. The smallest absolute Gasteiger partial charge is 0.223 e. The van der Waals surface area contributed by atoms with Crippen LogP contribution < -0.4 is 11.1 Å². The van der Waals surface area contributed by atoms with E-state index in [0.717, 1.165) is 12.1 Å². The molecule has 1 amide bonds. The van der Waals surface area contributed by atoms with E-state index in [2.05, 4.69) is 18.5 Å². The fourth-order valence-electron chi connectivity index (χ4n) is 1.87. The molecular weight excluding hydrogens is 236 g/mol. The zero-order valence-corrected chi connectivity index (χ0v) is 11.3. The van der Waals surface area contributed by atoms with Gasteiger partial charge in [-0.05, 0) is 37.0 Å². The van der Waals surface area contributed by atoms with Crippen molar-refractivity contribution >= 4 is 11.6 Å². The van der Waals surface area contributed by atoms with Crippen molar-refractivity contribution in [3.05, 3.63) is 55.1 Å². The lowest BCUT2D eigenvalue weighted by molar-refractivity contribution is -0.124. The third-order valence-electron chi connectivity index (χ3n) is 2.97. The van der Waals surface area contributed by atoms with Crippen LogP contribution in [-0.4, -0.2) is 12.5 Å². The van der Waals surface area contributed by atoms with Crippen molar-refractivity contribution in [2.45, 2.75) is 19.3 Å². The Hall–Kier alpha value is -2.03. The van der Waals surface area contributed by atoms with Crippen molar-refractivity contribution in [3.63, 3.8) is 0 Å². The molecule has 0 aliphatic heterocycles. The van der Waals surface area contributed by atoms with Gasteiger partial charge in [0.15, 0.2) is 0 Å². The highest BCUT2D eigenvalue weighted by Gasteiger charge is 2.14. The van der Waals surface area contributed by atoms with Crippen molar-refractivity contribution in [2.24, 2.45) is 5.92 Å². The van der Waals surface area contributed by atoms with E-state index < -0.39 is 0 Å². The highest BCUT2D eigenvalue weighted by Crippen LogP contribution is 2.10. The van der Waals surface area contributed by atoms with E-state index in [-0.39, 0.29) is 11.8 Å². The van der Waals surface area contributed by atoms with Crippen LogP contribution in [0.3, 0.4) is 0 Å². The Morgan fingerprint density at radius 1 is 1.21 bits per heavy atom. The number of hydrogen-bond acceptors (Lipinski definition) is 2. The van der Waals surface area contributed by atoms with Gasteiger partial charge in [-0.1, -0.05) is 24.3 Å². The largest absolute Gasteiger partial charge is 0.399 e.